The minimum absolute atomic E-state index is 0.372. The summed E-state index contributed by atoms with van der Waals surface area (Å²) >= 11 is 2.64. The molecule has 2 nitrogen and oxygen atoms in total. The van der Waals surface area contributed by atoms with Gasteiger partial charge in [0.05, 0.1) is 11.1 Å². The van der Waals surface area contributed by atoms with Crippen LogP contribution in [0.3, 0.4) is 0 Å². The summed E-state index contributed by atoms with van der Waals surface area (Å²) in [5.41, 5.74) is -4.16. The summed E-state index contributed by atoms with van der Waals surface area (Å²) in [6.07, 6.45) is -10.1. The summed E-state index contributed by atoms with van der Waals surface area (Å²) in [5, 5.41) is 8.60. The van der Waals surface area contributed by atoms with E-state index in [4.69, 9.17) is 9.68 Å². The average molecular weight is 384 g/mol. The summed E-state index contributed by atoms with van der Waals surface area (Å²) in [6.45, 7) is 0. The molecule has 2 rings (SSSR count). The van der Waals surface area contributed by atoms with Crippen LogP contribution >= 0.6 is 15.9 Å². The lowest BCUT2D eigenvalue weighted by atomic mass is 9.98. The number of rotatable bonds is 1. The Bertz CT molecular complexity index is 718. The van der Waals surface area contributed by atoms with E-state index in [1.165, 1.54) is 6.07 Å². The van der Waals surface area contributed by atoms with Crippen LogP contribution in [0.15, 0.2) is 33.2 Å². The molecular formula is C13H4BrF6NO. The third kappa shape index (κ3) is 3.11. The second-order valence-electron chi connectivity index (χ2n) is 4.15. The van der Waals surface area contributed by atoms with Crippen molar-refractivity contribution >= 4 is 15.9 Å². The zero-order chi connectivity index (χ0) is 16.7. The molecule has 0 N–H and O–H groups in total. The van der Waals surface area contributed by atoms with Gasteiger partial charge in [-0.2, -0.15) is 31.6 Å². The van der Waals surface area contributed by atoms with Crippen molar-refractivity contribution in [1.29, 1.82) is 5.26 Å². The van der Waals surface area contributed by atoms with Crippen LogP contribution in [0, 0.1) is 11.3 Å². The molecule has 0 spiro atoms. The molecule has 0 bridgehead atoms. The van der Waals surface area contributed by atoms with Gasteiger partial charge in [-0.3, -0.25) is 0 Å². The molecule has 116 valence electrons. The summed E-state index contributed by atoms with van der Waals surface area (Å²) in [4.78, 5) is 0. The van der Waals surface area contributed by atoms with Gasteiger partial charge in [-0.15, -0.1) is 0 Å². The Labute approximate surface area is 128 Å². The van der Waals surface area contributed by atoms with E-state index in [0.717, 1.165) is 12.1 Å². The van der Waals surface area contributed by atoms with Gasteiger partial charge in [0.25, 0.3) is 0 Å². The highest BCUT2D eigenvalue weighted by Crippen LogP contribution is 2.46. The molecule has 1 heterocycles. The summed E-state index contributed by atoms with van der Waals surface area (Å²) in [6, 6.07) is 4.45. The second-order valence-corrected chi connectivity index (χ2v) is 5.06. The van der Waals surface area contributed by atoms with Crippen LogP contribution in [0.4, 0.5) is 26.3 Å². The molecule has 1 aromatic heterocycles. The summed E-state index contributed by atoms with van der Waals surface area (Å²) in [5.74, 6) is -1.07. The molecule has 0 unspecified atom stereocenters. The van der Waals surface area contributed by atoms with Crippen LogP contribution < -0.4 is 0 Å². The number of benzene rings is 1. The van der Waals surface area contributed by atoms with Crippen LogP contribution in [0.1, 0.15) is 16.9 Å². The molecule has 0 aliphatic rings. The Balaban J connectivity index is 2.86. The van der Waals surface area contributed by atoms with E-state index < -0.39 is 34.8 Å². The Morgan fingerprint density at radius 2 is 1.45 bits per heavy atom. The molecule has 0 aliphatic carbocycles. The van der Waals surface area contributed by atoms with E-state index in [1.807, 2.05) is 0 Å². The fraction of sp³-hybridized carbons (Fsp3) is 0.154. The third-order valence-electron chi connectivity index (χ3n) is 2.68. The van der Waals surface area contributed by atoms with E-state index in [1.54, 1.807) is 0 Å². The molecule has 0 atom stereocenters. The lowest BCUT2D eigenvalue weighted by Gasteiger charge is -2.18. The lowest BCUT2D eigenvalue weighted by Crippen LogP contribution is -2.14. The predicted octanol–water partition coefficient (Wildman–Crippen LogP) is 5.62. The second kappa shape index (κ2) is 5.35. The molecule has 0 saturated carbocycles. The molecule has 2 aromatic rings. The largest absolute Gasteiger partial charge is 0.446 e. The molecule has 0 fully saturated rings. The number of furan rings is 1. The minimum Gasteiger partial charge on any atom is -0.446 e. The van der Waals surface area contributed by atoms with Crippen molar-refractivity contribution in [2.24, 2.45) is 0 Å². The smallest absolute Gasteiger partial charge is 0.417 e. The van der Waals surface area contributed by atoms with Crippen LogP contribution in [0.2, 0.25) is 0 Å². The first-order valence-electron chi connectivity index (χ1n) is 5.52. The highest BCUT2D eigenvalue weighted by molar-refractivity contribution is 9.10. The number of hydrogen-bond acceptors (Lipinski definition) is 2. The fourth-order valence-corrected chi connectivity index (χ4v) is 2.31. The van der Waals surface area contributed by atoms with Gasteiger partial charge < -0.3 is 4.42 Å². The third-order valence-corrected chi connectivity index (χ3v) is 3.13. The monoisotopic (exact) mass is 383 g/mol. The molecule has 0 aliphatic heterocycles. The Hall–Kier alpha value is -1.95. The van der Waals surface area contributed by atoms with Gasteiger partial charge >= 0.3 is 12.4 Å². The van der Waals surface area contributed by atoms with Crippen molar-refractivity contribution in [3.63, 3.8) is 0 Å². The van der Waals surface area contributed by atoms with Gasteiger partial charge in [-0.05, 0) is 24.3 Å². The number of hydrogen-bond donors (Lipinski definition) is 0. The standard InChI is InChI=1S/C13H4BrF6NO/c14-6-3-8(12(15,16)17)11(9(4-6)13(18,19)20)10-2-1-7(5-21)22-10/h1-4H. The first-order chi connectivity index (χ1) is 10.0. The topological polar surface area (TPSA) is 36.9 Å². The molecule has 0 radical (unpaired) electrons. The van der Waals surface area contributed by atoms with Gasteiger partial charge in [-0.1, -0.05) is 15.9 Å². The Morgan fingerprint density at radius 1 is 0.955 bits per heavy atom. The highest BCUT2D eigenvalue weighted by Gasteiger charge is 2.42. The quantitative estimate of drug-likeness (QED) is 0.599. The molecule has 22 heavy (non-hydrogen) atoms. The zero-order valence-corrected chi connectivity index (χ0v) is 11.9. The minimum atomic E-state index is -5.03. The van der Waals surface area contributed by atoms with Crippen molar-refractivity contribution < 1.29 is 30.8 Å². The zero-order valence-electron chi connectivity index (χ0n) is 10.3. The molecule has 9 heteroatoms. The van der Waals surface area contributed by atoms with E-state index in [0.29, 0.717) is 12.1 Å². The maximum Gasteiger partial charge on any atom is 0.417 e. The Kier molecular flexibility index (Phi) is 4.00. The van der Waals surface area contributed by atoms with Crippen molar-refractivity contribution in [1.82, 2.24) is 0 Å². The average Bonchev–Trinajstić information content (AvgIpc) is 2.84. The first kappa shape index (κ1) is 16.4. The maximum atomic E-state index is 13.1. The van der Waals surface area contributed by atoms with E-state index in [2.05, 4.69) is 15.9 Å². The Morgan fingerprint density at radius 3 is 1.82 bits per heavy atom. The number of halogens is 7. The summed E-state index contributed by atoms with van der Waals surface area (Å²) < 4.78 is 82.8. The fourth-order valence-electron chi connectivity index (χ4n) is 1.85. The van der Waals surface area contributed by atoms with Gasteiger partial charge in [0.15, 0.2) is 0 Å². The van der Waals surface area contributed by atoms with Gasteiger partial charge in [0.1, 0.15) is 11.8 Å². The van der Waals surface area contributed by atoms with Crippen molar-refractivity contribution in [2.45, 2.75) is 12.4 Å². The SMILES string of the molecule is N#Cc1ccc(-c2c(C(F)(F)F)cc(Br)cc2C(F)(F)F)o1. The van der Waals surface area contributed by atoms with Crippen molar-refractivity contribution in [2.75, 3.05) is 0 Å². The molecule has 1 aromatic carbocycles. The van der Waals surface area contributed by atoms with Gasteiger partial charge in [0, 0.05) is 10.0 Å². The van der Waals surface area contributed by atoms with Crippen LogP contribution in [0.5, 0.6) is 0 Å². The highest BCUT2D eigenvalue weighted by atomic mass is 79.9. The predicted molar refractivity (Wildman–Crippen MR) is 66.6 cm³/mol. The maximum absolute atomic E-state index is 13.1. The van der Waals surface area contributed by atoms with Crippen molar-refractivity contribution in [3.8, 4) is 17.4 Å². The molecule has 0 amide bonds. The van der Waals surface area contributed by atoms with Crippen LogP contribution in [0.25, 0.3) is 11.3 Å². The van der Waals surface area contributed by atoms with Crippen molar-refractivity contribution in [3.05, 3.63) is 45.6 Å². The van der Waals surface area contributed by atoms with Gasteiger partial charge in [0.2, 0.25) is 5.76 Å². The molecule has 0 saturated heterocycles. The number of nitrogens with zero attached hydrogens (tertiary/aromatic N) is 1. The number of alkyl halides is 6. The van der Waals surface area contributed by atoms with Gasteiger partial charge in [-0.25, -0.2) is 0 Å². The summed E-state index contributed by atoms with van der Waals surface area (Å²) in [7, 11) is 0. The lowest BCUT2D eigenvalue weighted by molar-refractivity contribution is -0.142. The number of nitriles is 1. The van der Waals surface area contributed by atoms with E-state index >= 15 is 0 Å². The van der Waals surface area contributed by atoms with E-state index in [-0.39, 0.29) is 10.2 Å². The van der Waals surface area contributed by atoms with E-state index in [9.17, 15) is 26.3 Å². The first-order valence-corrected chi connectivity index (χ1v) is 6.31. The normalized spacial score (nSPS) is 12.3. The molecular weight excluding hydrogens is 380 g/mol. The van der Waals surface area contributed by atoms with Crippen LogP contribution in [-0.2, 0) is 12.4 Å². The van der Waals surface area contributed by atoms with Crippen LogP contribution in [-0.4, -0.2) is 0 Å².